The highest BCUT2D eigenvalue weighted by molar-refractivity contribution is 7.89. The molecule has 0 radical (unpaired) electrons. The largest absolute Gasteiger partial charge is 0.379 e. The normalized spacial score (nSPS) is 22.7. The maximum Gasteiger partial charge on any atom is 0.268 e. The number of aryl methyl sites for hydroxylation is 1. The van der Waals surface area contributed by atoms with Crippen LogP contribution in [0.1, 0.15) is 10.5 Å². The molecule has 1 aliphatic heterocycles. The average molecular weight is 315 g/mol. The van der Waals surface area contributed by atoms with E-state index in [1.807, 2.05) is 0 Å². The van der Waals surface area contributed by atoms with Gasteiger partial charge in [0.15, 0.2) is 0 Å². The molecule has 1 saturated heterocycles. The summed E-state index contributed by atoms with van der Waals surface area (Å²) in [6, 6.07) is 3.22. The highest BCUT2D eigenvalue weighted by Crippen LogP contribution is 2.17. The monoisotopic (exact) mass is 315 g/mol. The zero-order valence-corrected chi connectivity index (χ0v) is 13.3. The fraction of sp³-hybridized carbons (Fsp3) is 0.615. The van der Waals surface area contributed by atoms with E-state index in [4.69, 9.17) is 4.74 Å². The summed E-state index contributed by atoms with van der Waals surface area (Å²) in [5.41, 5.74) is 0.538. The smallest absolute Gasteiger partial charge is 0.268 e. The van der Waals surface area contributed by atoms with Gasteiger partial charge in [0.2, 0.25) is 10.0 Å². The number of hydrogen-bond acceptors (Lipinski definition) is 4. The fourth-order valence-corrected chi connectivity index (χ4v) is 3.45. The van der Waals surface area contributed by atoms with Crippen LogP contribution in [0.4, 0.5) is 0 Å². The lowest BCUT2D eigenvalue weighted by Crippen LogP contribution is -2.44. The lowest BCUT2D eigenvalue weighted by molar-refractivity contribution is 0.0918. The van der Waals surface area contributed by atoms with Crippen LogP contribution in [0, 0.1) is 5.92 Å². The van der Waals surface area contributed by atoms with Gasteiger partial charge in [0, 0.05) is 33.3 Å². The summed E-state index contributed by atoms with van der Waals surface area (Å²) in [6.07, 6.45) is 1.79. The minimum atomic E-state index is -3.32. The highest BCUT2D eigenvalue weighted by atomic mass is 32.2. The van der Waals surface area contributed by atoms with Crippen LogP contribution in [-0.2, 0) is 21.8 Å². The van der Waals surface area contributed by atoms with Crippen LogP contribution in [0.5, 0.6) is 0 Å². The predicted octanol–water partition coefficient (Wildman–Crippen LogP) is -0.339. The fourth-order valence-electron chi connectivity index (χ4n) is 2.28. The summed E-state index contributed by atoms with van der Waals surface area (Å²) in [7, 11) is 1.48. The Kier molecular flexibility index (Phi) is 4.70. The topological polar surface area (TPSA) is 80.6 Å². The van der Waals surface area contributed by atoms with Crippen molar-refractivity contribution < 1.29 is 17.9 Å². The molecule has 1 amide bonds. The zero-order chi connectivity index (χ0) is 15.6. The van der Waals surface area contributed by atoms with Crippen molar-refractivity contribution in [1.82, 2.24) is 14.2 Å². The van der Waals surface area contributed by atoms with E-state index in [9.17, 15) is 13.2 Å². The van der Waals surface area contributed by atoms with Crippen molar-refractivity contribution in [2.75, 3.05) is 33.1 Å². The third kappa shape index (κ3) is 3.63. The van der Waals surface area contributed by atoms with Crippen LogP contribution in [0.15, 0.2) is 18.3 Å². The van der Waals surface area contributed by atoms with E-state index in [1.54, 1.807) is 29.9 Å². The quantitative estimate of drug-likeness (QED) is 0.806. The van der Waals surface area contributed by atoms with Crippen LogP contribution in [-0.4, -0.2) is 62.3 Å². The SMILES string of the molecule is CN(C)S(=O)(=O)C[C@@H]1COC[C@H]1NC(=O)c1cccn1C. The summed E-state index contributed by atoms with van der Waals surface area (Å²) in [5.74, 6) is -0.482. The number of ether oxygens (including phenoxy) is 1. The van der Waals surface area contributed by atoms with Crippen molar-refractivity contribution in [3.63, 3.8) is 0 Å². The Morgan fingerprint density at radius 2 is 2.19 bits per heavy atom. The molecule has 0 aliphatic carbocycles. The summed E-state index contributed by atoms with van der Waals surface area (Å²) >= 11 is 0. The standard InChI is InChI=1S/C13H21N3O4S/c1-15(2)21(18,19)9-10-7-20-8-11(10)14-13(17)12-5-4-6-16(12)3/h4-6,10-11H,7-9H2,1-3H3,(H,14,17)/t10-,11+/m0/s1. The first-order valence-corrected chi connectivity index (χ1v) is 8.32. The van der Waals surface area contributed by atoms with E-state index in [2.05, 4.69) is 5.32 Å². The second-order valence-electron chi connectivity index (χ2n) is 5.44. The molecule has 1 aromatic rings. The molecule has 2 heterocycles. The van der Waals surface area contributed by atoms with Crippen LogP contribution in [0.3, 0.4) is 0 Å². The minimum Gasteiger partial charge on any atom is -0.379 e. The van der Waals surface area contributed by atoms with Gasteiger partial charge < -0.3 is 14.6 Å². The van der Waals surface area contributed by atoms with Crippen molar-refractivity contribution in [3.8, 4) is 0 Å². The molecule has 2 atom stereocenters. The van der Waals surface area contributed by atoms with E-state index < -0.39 is 10.0 Å². The Labute approximate surface area is 124 Å². The molecule has 0 saturated carbocycles. The average Bonchev–Trinajstić information content (AvgIpc) is 2.98. The van der Waals surface area contributed by atoms with E-state index in [0.717, 1.165) is 0 Å². The minimum absolute atomic E-state index is 0.0297. The second kappa shape index (κ2) is 6.17. The van der Waals surface area contributed by atoms with E-state index in [0.29, 0.717) is 18.9 Å². The van der Waals surface area contributed by atoms with Crippen molar-refractivity contribution in [2.45, 2.75) is 6.04 Å². The lowest BCUT2D eigenvalue weighted by Gasteiger charge is -2.21. The number of nitrogens with one attached hydrogen (secondary N) is 1. The molecule has 0 aromatic carbocycles. The number of aromatic nitrogens is 1. The number of sulfonamides is 1. The first kappa shape index (κ1) is 16.0. The van der Waals surface area contributed by atoms with Gasteiger partial charge in [0.1, 0.15) is 5.69 Å². The second-order valence-corrected chi connectivity index (χ2v) is 7.67. The predicted molar refractivity (Wildman–Crippen MR) is 78.5 cm³/mol. The molecule has 2 rings (SSSR count). The molecule has 1 fully saturated rings. The third-order valence-corrected chi connectivity index (χ3v) is 5.63. The van der Waals surface area contributed by atoms with E-state index in [1.165, 1.54) is 18.4 Å². The van der Waals surface area contributed by atoms with Crippen molar-refractivity contribution in [3.05, 3.63) is 24.0 Å². The van der Waals surface area contributed by atoms with Crippen molar-refractivity contribution in [1.29, 1.82) is 0 Å². The van der Waals surface area contributed by atoms with Gasteiger partial charge in [-0.05, 0) is 12.1 Å². The van der Waals surface area contributed by atoms with Gasteiger partial charge in [-0.2, -0.15) is 0 Å². The van der Waals surface area contributed by atoms with Crippen LogP contribution in [0.2, 0.25) is 0 Å². The molecule has 8 heteroatoms. The highest BCUT2D eigenvalue weighted by Gasteiger charge is 2.34. The lowest BCUT2D eigenvalue weighted by atomic mass is 10.1. The molecule has 21 heavy (non-hydrogen) atoms. The molecule has 118 valence electrons. The van der Waals surface area contributed by atoms with Crippen LogP contribution in [0.25, 0.3) is 0 Å². The Hall–Kier alpha value is -1.38. The summed E-state index contributed by atoms with van der Waals surface area (Å²) in [5, 5.41) is 2.87. The summed E-state index contributed by atoms with van der Waals surface area (Å²) < 4.78 is 32.2. The third-order valence-electron chi connectivity index (χ3n) is 3.67. The number of carbonyl (C=O) groups excluding carboxylic acids is 1. The van der Waals surface area contributed by atoms with Crippen molar-refractivity contribution >= 4 is 15.9 Å². The van der Waals surface area contributed by atoms with Gasteiger partial charge in [0.05, 0.1) is 25.0 Å². The summed E-state index contributed by atoms with van der Waals surface area (Å²) in [6.45, 7) is 0.676. The van der Waals surface area contributed by atoms with Gasteiger partial charge in [-0.1, -0.05) is 0 Å². The van der Waals surface area contributed by atoms with E-state index in [-0.39, 0.29) is 23.6 Å². The molecule has 0 bridgehead atoms. The molecular formula is C13H21N3O4S. The summed E-state index contributed by atoms with van der Waals surface area (Å²) in [4.78, 5) is 12.2. The maximum atomic E-state index is 12.2. The van der Waals surface area contributed by atoms with E-state index >= 15 is 0 Å². The Morgan fingerprint density at radius 3 is 2.76 bits per heavy atom. The van der Waals surface area contributed by atoms with Gasteiger partial charge in [-0.3, -0.25) is 4.79 Å². The van der Waals surface area contributed by atoms with Gasteiger partial charge in [-0.25, -0.2) is 12.7 Å². The molecule has 0 spiro atoms. The first-order valence-electron chi connectivity index (χ1n) is 6.71. The molecule has 0 unspecified atom stereocenters. The number of carbonyl (C=O) groups is 1. The number of rotatable bonds is 5. The Balaban J connectivity index is 2.03. The van der Waals surface area contributed by atoms with Crippen molar-refractivity contribution in [2.24, 2.45) is 13.0 Å². The van der Waals surface area contributed by atoms with Crippen LogP contribution >= 0.6 is 0 Å². The van der Waals surface area contributed by atoms with Crippen LogP contribution < -0.4 is 5.32 Å². The number of amides is 1. The molecule has 1 N–H and O–H groups in total. The first-order chi connectivity index (χ1) is 9.81. The molecule has 1 aromatic heterocycles. The van der Waals surface area contributed by atoms with Gasteiger partial charge >= 0.3 is 0 Å². The van der Waals surface area contributed by atoms with Gasteiger partial charge in [-0.15, -0.1) is 0 Å². The van der Waals surface area contributed by atoms with Gasteiger partial charge in [0.25, 0.3) is 5.91 Å². The Bertz CT molecular complexity index is 609. The maximum absolute atomic E-state index is 12.2. The Morgan fingerprint density at radius 1 is 1.48 bits per heavy atom. The number of nitrogens with zero attached hydrogens (tertiary/aromatic N) is 2. The number of hydrogen-bond donors (Lipinski definition) is 1. The molecular weight excluding hydrogens is 294 g/mol. The molecule has 1 aliphatic rings. The molecule has 7 nitrogen and oxygen atoms in total. The zero-order valence-electron chi connectivity index (χ0n) is 12.4.